The molecule has 0 spiro atoms. The van der Waals surface area contributed by atoms with Gasteiger partial charge in [0.05, 0.1) is 26.2 Å². The summed E-state index contributed by atoms with van der Waals surface area (Å²) in [4.78, 5) is 17.8. The van der Waals surface area contributed by atoms with Gasteiger partial charge < -0.3 is 0 Å². The van der Waals surface area contributed by atoms with Gasteiger partial charge in [-0.3, -0.25) is 4.79 Å². The highest BCUT2D eigenvalue weighted by Gasteiger charge is 2.29. The lowest BCUT2D eigenvalue weighted by Gasteiger charge is -2.03. The molecule has 0 saturated heterocycles. The number of carbonyl (C=O) groups excluding carboxylic acids is 1. The molecule has 0 aliphatic carbocycles. The number of hydrogen-bond acceptors (Lipinski definition) is 5. The summed E-state index contributed by atoms with van der Waals surface area (Å²) >= 11 is 15.0. The predicted molar refractivity (Wildman–Crippen MR) is 104 cm³/mol. The van der Waals surface area contributed by atoms with Crippen molar-refractivity contribution >= 4 is 72.0 Å². The van der Waals surface area contributed by atoms with E-state index >= 15 is 0 Å². The van der Waals surface area contributed by atoms with Crippen LogP contribution >= 0.6 is 45.9 Å². The maximum absolute atomic E-state index is 13.0. The first kappa shape index (κ1) is 16.5. The van der Waals surface area contributed by atoms with Crippen LogP contribution in [-0.2, 0) is 0 Å². The van der Waals surface area contributed by atoms with E-state index in [1.807, 2.05) is 24.3 Å². The van der Waals surface area contributed by atoms with Gasteiger partial charge in [0, 0.05) is 15.1 Å². The Labute approximate surface area is 161 Å². The summed E-state index contributed by atoms with van der Waals surface area (Å²) in [5.74, 6) is -1.30. The molecule has 0 aliphatic rings. The molecule has 4 aromatic rings. The third-order valence-electron chi connectivity index (χ3n) is 3.76. The normalized spacial score (nSPS) is 12.4. The van der Waals surface area contributed by atoms with E-state index in [1.165, 1.54) is 22.7 Å². The van der Waals surface area contributed by atoms with Crippen LogP contribution < -0.4 is 0 Å². The minimum absolute atomic E-state index is 0.330. The van der Waals surface area contributed by atoms with Crippen molar-refractivity contribution < 1.29 is 4.79 Å². The summed E-state index contributed by atoms with van der Waals surface area (Å²) in [5, 5.41) is 11.8. The molecule has 0 amide bonds. The number of halogens is 2. The molecule has 0 radical (unpaired) electrons. The zero-order chi connectivity index (χ0) is 17.6. The SMILES string of the molecule is N#C[C@@H](C(=O)c1sc2cc(Cl)ccc2c1Cl)c1nc2ccccc2s1. The molecule has 2 aromatic carbocycles. The minimum Gasteiger partial charge on any atom is -0.291 e. The molecule has 0 bridgehead atoms. The molecule has 0 N–H and O–H groups in total. The third-order valence-corrected chi connectivity index (χ3v) is 6.77. The predicted octanol–water partition coefficient (Wildman–Crippen LogP) is 6.31. The van der Waals surface area contributed by atoms with Crippen LogP contribution in [0, 0.1) is 11.3 Å². The van der Waals surface area contributed by atoms with Crippen molar-refractivity contribution in [1.82, 2.24) is 4.98 Å². The summed E-state index contributed by atoms with van der Waals surface area (Å²) in [5.41, 5.74) is 0.782. The number of Topliss-reactive ketones (excluding diaryl/α,β-unsaturated/α-hetero) is 1. The standard InChI is InChI=1S/C18H8Cl2N2OS2/c19-9-5-6-10-14(7-9)24-17(15(10)20)16(23)11(8-21)18-22-12-3-1-2-4-13(12)25-18/h1-7,11H/t11-/m0/s1. The van der Waals surface area contributed by atoms with Gasteiger partial charge in [-0.25, -0.2) is 4.98 Å². The van der Waals surface area contributed by atoms with Gasteiger partial charge in [-0.05, 0) is 24.3 Å². The van der Waals surface area contributed by atoms with Crippen molar-refractivity contribution in [3.8, 4) is 6.07 Å². The van der Waals surface area contributed by atoms with Crippen LogP contribution in [-0.4, -0.2) is 10.8 Å². The van der Waals surface area contributed by atoms with Gasteiger partial charge in [0.25, 0.3) is 0 Å². The number of nitrogens with zero attached hydrogens (tertiary/aromatic N) is 2. The zero-order valence-electron chi connectivity index (χ0n) is 12.5. The second kappa shape index (κ2) is 6.40. The van der Waals surface area contributed by atoms with Crippen molar-refractivity contribution in [2.75, 3.05) is 0 Å². The van der Waals surface area contributed by atoms with Crippen molar-refractivity contribution in [3.05, 3.63) is 62.4 Å². The number of fused-ring (bicyclic) bond motifs is 2. The molecule has 0 saturated carbocycles. The Bertz CT molecular complexity index is 1140. The highest BCUT2D eigenvalue weighted by Crippen LogP contribution is 2.40. The topological polar surface area (TPSA) is 53.8 Å². The molecule has 7 heteroatoms. The summed E-state index contributed by atoms with van der Waals surface area (Å²) < 4.78 is 1.77. The van der Waals surface area contributed by atoms with Crippen LogP contribution in [0.1, 0.15) is 20.6 Å². The molecule has 4 rings (SSSR count). The van der Waals surface area contributed by atoms with Gasteiger partial charge in [-0.15, -0.1) is 22.7 Å². The van der Waals surface area contributed by atoms with Gasteiger partial charge in [0.2, 0.25) is 0 Å². The number of nitriles is 1. The van der Waals surface area contributed by atoms with Crippen molar-refractivity contribution in [2.24, 2.45) is 0 Å². The Kier molecular flexibility index (Phi) is 4.22. The van der Waals surface area contributed by atoms with Crippen LogP contribution in [0.5, 0.6) is 0 Å². The number of para-hydroxylation sites is 1. The van der Waals surface area contributed by atoms with Gasteiger partial charge in [-0.2, -0.15) is 5.26 Å². The lowest BCUT2D eigenvalue weighted by atomic mass is 10.1. The van der Waals surface area contributed by atoms with E-state index < -0.39 is 5.92 Å². The van der Waals surface area contributed by atoms with Gasteiger partial charge in [-0.1, -0.05) is 41.4 Å². The molecule has 2 aromatic heterocycles. The van der Waals surface area contributed by atoms with Crippen molar-refractivity contribution in [3.63, 3.8) is 0 Å². The summed E-state index contributed by atoms with van der Waals surface area (Å²) in [7, 11) is 0. The molecule has 2 heterocycles. The first-order valence-electron chi connectivity index (χ1n) is 7.25. The Hall–Kier alpha value is -1.97. The maximum atomic E-state index is 13.0. The Balaban J connectivity index is 1.80. The fourth-order valence-electron chi connectivity index (χ4n) is 2.57. The van der Waals surface area contributed by atoms with Gasteiger partial charge in [0.15, 0.2) is 11.7 Å². The molecule has 3 nitrogen and oxygen atoms in total. The lowest BCUT2D eigenvalue weighted by molar-refractivity contribution is 0.0983. The molecule has 1 atom stereocenters. The summed E-state index contributed by atoms with van der Waals surface area (Å²) in [6, 6.07) is 14.9. The number of thiazole rings is 1. The van der Waals surface area contributed by atoms with Crippen LogP contribution in [0.2, 0.25) is 10.0 Å². The molecule has 25 heavy (non-hydrogen) atoms. The van der Waals surface area contributed by atoms with E-state index in [4.69, 9.17) is 23.2 Å². The fourth-order valence-corrected chi connectivity index (χ4v) is 5.35. The van der Waals surface area contributed by atoms with Crippen LogP contribution in [0.3, 0.4) is 0 Å². The van der Waals surface area contributed by atoms with Crippen LogP contribution in [0.15, 0.2) is 42.5 Å². The second-order valence-corrected chi connectivity index (χ2v) is 8.26. The maximum Gasteiger partial charge on any atom is 0.198 e. The number of carbonyl (C=O) groups is 1. The number of thiophene rings is 1. The van der Waals surface area contributed by atoms with Crippen LogP contribution in [0.4, 0.5) is 0 Å². The lowest BCUT2D eigenvalue weighted by Crippen LogP contribution is -2.09. The molecule has 0 unspecified atom stereocenters. The summed E-state index contributed by atoms with van der Waals surface area (Å²) in [6.07, 6.45) is 0. The average Bonchev–Trinajstić information content (AvgIpc) is 3.16. The largest absolute Gasteiger partial charge is 0.291 e. The molecule has 0 aliphatic heterocycles. The van der Waals surface area contributed by atoms with Crippen LogP contribution in [0.25, 0.3) is 20.3 Å². The Morgan fingerprint density at radius 1 is 1.12 bits per heavy atom. The van der Waals surface area contributed by atoms with E-state index in [1.54, 1.807) is 18.2 Å². The first-order chi connectivity index (χ1) is 12.1. The van der Waals surface area contributed by atoms with E-state index in [0.717, 1.165) is 20.3 Å². The number of ketones is 1. The Morgan fingerprint density at radius 2 is 1.92 bits per heavy atom. The molecular formula is C18H8Cl2N2OS2. The van der Waals surface area contributed by atoms with E-state index in [2.05, 4.69) is 11.1 Å². The Morgan fingerprint density at radius 3 is 2.68 bits per heavy atom. The quantitative estimate of drug-likeness (QED) is 0.377. The van der Waals surface area contributed by atoms with Gasteiger partial charge >= 0.3 is 0 Å². The summed E-state index contributed by atoms with van der Waals surface area (Å²) in [6.45, 7) is 0. The minimum atomic E-state index is -0.974. The monoisotopic (exact) mass is 402 g/mol. The average molecular weight is 403 g/mol. The molecule has 0 fully saturated rings. The van der Waals surface area contributed by atoms with E-state index in [9.17, 15) is 10.1 Å². The van der Waals surface area contributed by atoms with Crippen molar-refractivity contribution in [2.45, 2.75) is 5.92 Å². The second-order valence-electron chi connectivity index (χ2n) is 5.33. The molecular weight excluding hydrogens is 395 g/mol. The smallest absolute Gasteiger partial charge is 0.198 e. The van der Waals surface area contributed by atoms with Gasteiger partial charge in [0.1, 0.15) is 5.01 Å². The highest BCUT2D eigenvalue weighted by molar-refractivity contribution is 7.22. The van der Waals surface area contributed by atoms with E-state index in [-0.39, 0.29) is 5.78 Å². The van der Waals surface area contributed by atoms with Crippen molar-refractivity contribution in [1.29, 1.82) is 5.26 Å². The third kappa shape index (κ3) is 2.82. The highest BCUT2D eigenvalue weighted by atomic mass is 35.5. The number of aromatic nitrogens is 1. The van der Waals surface area contributed by atoms with E-state index in [0.29, 0.717) is 19.9 Å². The molecule has 122 valence electrons. The zero-order valence-corrected chi connectivity index (χ0v) is 15.6. The number of benzene rings is 2. The first-order valence-corrected chi connectivity index (χ1v) is 9.64. The number of hydrogen-bond donors (Lipinski definition) is 0. The number of rotatable bonds is 3. The fraction of sp³-hybridized carbons (Fsp3) is 0.0556.